The molecule has 2 aromatic heterocycles. The van der Waals surface area contributed by atoms with Crippen LogP contribution in [0.2, 0.25) is 0 Å². The van der Waals surface area contributed by atoms with Crippen molar-refractivity contribution in [2.75, 3.05) is 11.4 Å². The molecular weight excluding hydrogens is 360 g/mol. The Hall–Kier alpha value is -2.86. The van der Waals surface area contributed by atoms with E-state index in [1.165, 1.54) is 0 Å². The highest BCUT2D eigenvalue weighted by atomic mass is 32.1. The molecule has 1 aromatic carbocycles. The van der Waals surface area contributed by atoms with Gasteiger partial charge in [-0.3, -0.25) is 9.59 Å². The number of rotatable bonds is 6. The molecule has 1 aliphatic heterocycles. The van der Waals surface area contributed by atoms with E-state index < -0.39 is 0 Å². The SMILES string of the molecule is O=C(C1CC(=O)N(c2ccccc2)C1)N(Cc1ccsc1)Cc1ccco1. The van der Waals surface area contributed by atoms with Crippen LogP contribution in [0.15, 0.2) is 70.0 Å². The smallest absolute Gasteiger partial charge is 0.228 e. The Morgan fingerprint density at radius 3 is 2.70 bits per heavy atom. The minimum atomic E-state index is -0.341. The summed E-state index contributed by atoms with van der Waals surface area (Å²) < 4.78 is 5.44. The van der Waals surface area contributed by atoms with E-state index in [0.717, 1.165) is 17.0 Å². The summed E-state index contributed by atoms with van der Waals surface area (Å²) in [5.41, 5.74) is 1.93. The van der Waals surface area contributed by atoms with Crippen molar-refractivity contribution in [1.29, 1.82) is 0 Å². The van der Waals surface area contributed by atoms with Crippen LogP contribution in [0.1, 0.15) is 17.7 Å². The zero-order valence-electron chi connectivity index (χ0n) is 14.8. The van der Waals surface area contributed by atoms with Gasteiger partial charge in [0.25, 0.3) is 0 Å². The minimum Gasteiger partial charge on any atom is -0.467 e. The predicted octanol–water partition coefficient (Wildman–Crippen LogP) is 3.92. The Morgan fingerprint density at radius 1 is 1.15 bits per heavy atom. The lowest BCUT2D eigenvalue weighted by Gasteiger charge is -2.24. The van der Waals surface area contributed by atoms with Crippen molar-refractivity contribution in [3.05, 3.63) is 76.9 Å². The number of anilines is 1. The van der Waals surface area contributed by atoms with Gasteiger partial charge in [-0.25, -0.2) is 0 Å². The largest absolute Gasteiger partial charge is 0.467 e. The molecule has 1 saturated heterocycles. The average molecular weight is 380 g/mol. The topological polar surface area (TPSA) is 53.8 Å². The van der Waals surface area contributed by atoms with E-state index in [2.05, 4.69) is 0 Å². The Balaban J connectivity index is 1.51. The highest BCUT2D eigenvalue weighted by Crippen LogP contribution is 2.27. The summed E-state index contributed by atoms with van der Waals surface area (Å²) in [5.74, 6) is 0.381. The lowest BCUT2D eigenvalue weighted by Crippen LogP contribution is -2.36. The predicted molar refractivity (Wildman–Crippen MR) is 104 cm³/mol. The van der Waals surface area contributed by atoms with E-state index in [0.29, 0.717) is 19.6 Å². The van der Waals surface area contributed by atoms with Crippen LogP contribution in [0.25, 0.3) is 0 Å². The molecule has 6 heteroatoms. The third-order valence-corrected chi connectivity index (χ3v) is 5.47. The van der Waals surface area contributed by atoms with Crippen molar-refractivity contribution in [3.8, 4) is 0 Å². The zero-order valence-corrected chi connectivity index (χ0v) is 15.6. The quantitative estimate of drug-likeness (QED) is 0.651. The molecule has 3 aromatic rings. The Kier molecular flexibility index (Phi) is 5.07. The van der Waals surface area contributed by atoms with Crippen LogP contribution >= 0.6 is 11.3 Å². The zero-order chi connectivity index (χ0) is 18.6. The molecule has 5 nitrogen and oxygen atoms in total. The van der Waals surface area contributed by atoms with Gasteiger partial charge in [0, 0.05) is 25.2 Å². The Labute approximate surface area is 161 Å². The number of amides is 2. The van der Waals surface area contributed by atoms with E-state index in [1.54, 1.807) is 27.4 Å². The molecule has 4 rings (SSSR count). The van der Waals surface area contributed by atoms with Crippen molar-refractivity contribution < 1.29 is 14.0 Å². The molecule has 0 aliphatic carbocycles. The molecule has 1 aliphatic rings. The number of furan rings is 1. The molecule has 2 amide bonds. The Morgan fingerprint density at radius 2 is 2.00 bits per heavy atom. The van der Waals surface area contributed by atoms with E-state index in [4.69, 9.17) is 4.42 Å². The number of carbonyl (C=O) groups is 2. The highest BCUT2D eigenvalue weighted by Gasteiger charge is 2.37. The van der Waals surface area contributed by atoms with Crippen molar-refractivity contribution in [1.82, 2.24) is 4.90 Å². The fourth-order valence-corrected chi connectivity index (χ4v) is 4.05. The number of benzene rings is 1. The van der Waals surface area contributed by atoms with E-state index in [9.17, 15) is 9.59 Å². The highest BCUT2D eigenvalue weighted by molar-refractivity contribution is 7.07. The normalized spacial score (nSPS) is 16.7. The van der Waals surface area contributed by atoms with Gasteiger partial charge in [-0.05, 0) is 46.7 Å². The van der Waals surface area contributed by atoms with Crippen LogP contribution in [0.4, 0.5) is 5.69 Å². The molecule has 0 radical (unpaired) electrons. The molecule has 0 saturated carbocycles. The van der Waals surface area contributed by atoms with Crippen LogP contribution in [0.5, 0.6) is 0 Å². The second-order valence-corrected chi connectivity index (χ2v) is 7.43. The minimum absolute atomic E-state index is 0.00645. The summed E-state index contributed by atoms with van der Waals surface area (Å²) >= 11 is 1.61. The maximum atomic E-state index is 13.2. The molecule has 27 heavy (non-hydrogen) atoms. The van der Waals surface area contributed by atoms with Gasteiger partial charge in [0.2, 0.25) is 11.8 Å². The monoisotopic (exact) mass is 380 g/mol. The van der Waals surface area contributed by atoms with Crippen molar-refractivity contribution in [2.24, 2.45) is 5.92 Å². The average Bonchev–Trinajstić information content (AvgIpc) is 3.44. The fraction of sp³-hybridized carbons (Fsp3) is 0.238. The summed E-state index contributed by atoms with van der Waals surface area (Å²) in [5, 5.41) is 4.04. The summed E-state index contributed by atoms with van der Waals surface area (Å²) in [6.45, 7) is 1.33. The maximum absolute atomic E-state index is 13.2. The second-order valence-electron chi connectivity index (χ2n) is 6.65. The summed E-state index contributed by atoms with van der Waals surface area (Å²) in [6.07, 6.45) is 1.85. The number of nitrogens with zero attached hydrogens (tertiary/aromatic N) is 2. The van der Waals surface area contributed by atoms with Crippen LogP contribution in [-0.2, 0) is 22.7 Å². The van der Waals surface area contributed by atoms with E-state index in [-0.39, 0.29) is 24.2 Å². The summed E-state index contributed by atoms with van der Waals surface area (Å²) in [4.78, 5) is 29.2. The molecule has 1 atom stereocenters. The molecule has 0 bridgehead atoms. The fourth-order valence-electron chi connectivity index (χ4n) is 3.39. The molecule has 1 fully saturated rings. The molecule has 138 valence electrons. The first-order valence-electron chi connectivity index (χ1n) is 8.88. The van der Waals surface area contributed by atoms with Gasteiger partial charge in [0.1, 0.15) is 5.76 Å². The van der Waals surface area contributed by atoms with Gasteiger partial charge in [-0.1, -0.05) is 18.2 Å². The standard InChI is InChI=1S/C21H20N2O3S/c24-20-11-17(13-23(20)18-5-2-1-3-6-18)21(25)22(12-16-8-10-27-15-16)14-19-7-4-9-26-19/h1-10,15,17H,11-14H2. The van der Waals surface area contributed by atoms with Crippen LogP contribution < -0.4 is 4.90 Å². The van der Waals surface area contributed by atoms with Crippen LogP contribution in [0, 0.1) is 5.92 Å². The number of thiophene rings is 1. The van der Waals surface area contributed by atoms with Gasteiger partial charge in [-0.2, -0.15) is 11.3 Å². The van der Waals surface area contributed by atoms with Crippen molar-refractivity contribution in [3.63, 3.8) is 0 Å². The van der Waals surface area contributed by atoms with Crippen molar-refractivity contribution >= 4 is 28.8 Å². The van der Waals surface area contributed by atoms with Gasteiger partial charge < -0.3 is 14.2 Å². The first-order chi connectivity index (χ1) is 13.2. The molecule has 3 heterocycles. The number of hydrogen-bond donors (Lipinski definition) is 0. The van der Waals surface area contributed by atoms with E-state index >= 15 is 0 Å². The molecule has 0 spiro atoms. The molecule has 0 N–H and O–H groups in total. The first-order valence-corrected chi connectivity index (χ1v) is 9.82. The number of carbonyl (C=O) groups excluding carboxylic acids is 2. The summed E-state index contributed by atoms with van der Waals surface area (Å²) in [7, 11) is 0. The van der Waals surface area contributed by atoms with Crippen LogP contribution in [-0.4, -0.2) is 23.3 Å². The van der Waals surface area contributed by atoms with Gasteiger partial charge >= 0.3 is 0 Å². The summed E-state index contributed by atoms with van der Waals surface area (Å²) in [6, 6.07) is 15.2. The lowest BCUT2D eigenvalue weighted by molar-refractivity contribution is -0.137. The third kappa shape index (κ3) is 3.95. The van der Waals surface area contributed by atoms with Crippen molar-refractivity contribution in [2.45, 2.75) is 19.5 Å². The number of hydrogen-bond acceptors (Lipinski definition) is 4. The number of para-hydroxylation sites is 1. The van der Waals surface area contributed by atoms with Gasteiger partial charge in [0.05, 0.1) is 18.7 Å². The second kappa shape index (κ2) is 7.80. The van der Waals surface area contributed by atoms with Crippen LogP contribution in [0.3, 0.4) is 0 Å². The maximum Gasteiger partial charge on any atom is 0.228 e. The lowest BCUT2D eigenvalue weighted by atomic mass is 10.1. The van der Waals surface area contributed by atoms with Gasteiger partial charge in [-0.15, -0.1) is 0 Å². The van der Waals surface area contributed by atoms with E-state index in [1.807, 2.05) is 59.3 Å². The first kappa shape index (κ1) is 17.5. The van der Waals surface area contributed by atoms with Gasteiger partial charge in [0.15, 0.2) is 0 Å². The molecule has 1 unspecified atom stereocenters. The third-order valence-electron chi connectivity index (χ3n) is 4.73. The molecular formula is C21H20N2O3S. The Bertz CT molecular complexity index is 855.